The van der Waals surface area contributed by atoms with Crippen LogP contribution >= 0.6 is 22.9 Å². The maximum Gasteiger partial charge on any atom is 0.332 e. The molecule has 8 heteroatoms. The molecule has 1 amide bonds. The monoisotopic (exact) mass is 377 g/mol. The average Bonchev–Trinajstić information content (AvgIpc) is 3.01. The van der Waals surface area contributed by atoms with Crippen LogP contribution in [0.2, 0.25) is 5.02 Å². The standard InChI is InChI=1S/C17H16ClN3O3S/c1-10(2)21-16(23)15-13(6-7-25-15)20(17(21)24)9-14(22)19-12-5-3-4-11(18)8-12/h3-8,10H,9H2,1-2H3,(H,19,22). The van der Waals surface area contributed by atoms with Gasteiger partial charge in [-0.2, -0.15) is 0 Å². The van der Waals surface area contributed by atoms with Crippen LogP contribution < -0.4 is 16.6 Å². The Morgan fingerprint density at radius 1 is 1.28 bits per heavy atom. The van der Waals surface area contributed by atoms with Gasteiger partial charge in [0.2, 0.25) is 5.91 Å². The Morgan fingerprint density at radius 2 is 2.04 bits per heavy atom. The van der Waals surface area contributed by atoms with Crippen LogP contribution in [0.4, 0.5) is 5.69 Å². The smallest absolute Gasteiger partial charge is 0.324 e. The van der Waals surface area contributed by atoms with Crippen molar-refractivity contribution in [2.24, 2.45) is 0 Å². The second-order valence-corrected chi connectivity index (χ2v) is 7.18. The quantitative estimate of drug-likeness (QED) is 0.759. The summed E-state index contributed by atoms with van der Waals surface area (Å²) in [5.41, 5.74) is 0.200. The Bertz CT molecular complexity index is 1060. The zero-order valence-electron chi connectivity index (χ0n) is 13.7. The number of nitrogens with one attached hydrogen (secondary N) is 1. The van der Waals surface area contributed by atoms with Gasteiger partial charge >= 0.3 is 5.69 Å². The summed E-state index contributed by atoms with van der Waals surface area (Å²) >= 11 is 7.17. The Kier molecular flexibility index (Phi) is 4.78. The highest BCUT2D eigenvalue weighted by atomic mass is 35.5. The summed E-state index contributed by atoms with van der Waals surface area (Å²) < 4.78 is 2.96. The largest absolute Gasteiger partial charge is 0.332 e. The maximum absolute atomic E-state index is 12.7. The summed E-state index contributed by atoms with van der Waals surface area (Å²) in [5.74, 6) is -0.370. The van der Waals surface area contributed by atoms with E-state index in [9.17, 15) is 14.4 Å². The third kappa shape index (κ3) is 3.38. The van der Waals surface area contributed by atoms with Crippen molar-refractivity contribution in [3.8, 4) is 0 Å². The first-order valence-corrected chi connectivity index (χ1v) is 8.92. The van der Waals surface area contributed by atoms with Gasteiger partial charge in [-0.15, -0.1) is 11.3 Å². The summed E-state index contributed by atoms with van der Waals surface area (Å²) in [6.45, 7) is 3.34. The molecule has 0 aliphatic heterocycles. The number of carbonyl (C=O) groups is 1. The molecule has 0 aliphatic rings. The van der Waals surface area contributed by atoms with Crippen LogP contribution in [0.25, 0.3) is 10.2 Å². The van der Waals surface area contributed by atoms with Crippen LogP contribution in [0.3, 0.4) is 0 Å². The van der Waals surface area contributed by atoms with Crippen molar-refractivity contribution in [1.82, 2.24) is 9.13 Å². The number of hydrogen-bond donors (Lipinski definition) is 1. The molecular weight excluding hydrogens is 362 g/mol. The molecule has 1 N–H and O–H groups in total. The summed E-state index contributed by atoms with van der Waals surface area (Å²) in [4.78, 5) is 37.6. The summed E-state index contributed by atoms with van der Waals surface area (Å²) in [5, 5.41) is 4.95. The molecular formula is C17H16ClN3O3S. The number of halogens is 1. The van der Waals surface area contributed by atoms with Crippen molar-refractivity contribution >= 4 is 44.7 Å². The van der Waals surface area contributed by atoms with Crippen molar-refractivity contribution in [1.29, 1.82) is 0 Å². The molecule has 0 fully saturated rings. The minimum absolute atomic E-state index is 0.189. The Hall–Kier alpha value is -2.38. The minimum atomic E-state index is -0.493. The van der Waals surface area contributed by atoms with E-state index in [2.05, 4.69) is 5.32 Å². The van der Waals surface area contributed by atoms with Gasteiger partial charge < -0.3 is 5.32 Å². The topological polar surface area (TPSA) is 73.1 Å². The number of aromatic nitrogens is 2. The van der Waals surface area contributed by atoms with Gasteiger partial charge in [0.1, 0.15) is 11.2 Å². The molecule has 0 aliphatic carbocycles. The van der Waals surface area contributed by atoms with E-state index in [0.29, 0.717) is 20.9 Å². The molecule has 6 nitrogen and oxygen atoms in total. The molecule has 0 saturated carbocycles. The number of hydrogen-bond acceptors (Lipinski definition) is 4. The third-order valence-corrected chi connectivity index (χ3v) is 4.84. The van der Waals surface area contributed by atoms with E-state index in [4.69, 9.17) is 11.6 Å². The van der Waals surface area contributed by atoms with E-state index < -0.39 is 5.69 Å². The predicted octanol–water partition coefficient (Wildman–Crippen LogP) is 3.10. The molecule has 0 radical (unpaired) electrons. The zero-order chi connectivity index (χ0) is 18.1. The molecule has 0 spiro atoms. The number of thiophene rings is 1. The van der Waals surface area contributed by atoms with Gasteiger partial charge in [0.25, 0.3) is 5.56 Å². The van der Waals surface area contributed by atoms with Gasteiger partial charge in [0.15, 0.2) is 0 Å². The lowest BCUT2D eigenvalue weighted by Crippen LogP contribution is -2.42. The van der Waals surface area contributed by atoms with Gasteiger partial charge in [0, 0.05) is 16.8 Å². The molecule has 0 bridgehead atoms. The highest BCUT2D eigenvalue weighted by Crippen LogP contribution is 2.17. The molecule has 2 aromatic heterocycles. The second-order valence-electron chi connectivity index (χ2n) is 5.83. The zero-order valence-corrected chi connectivity index (χ0v) is 15.2. The van der Waals surface area contributed by atoms with Gasteiger partial charge in [-0.05, 0) is 43.5 Å². The highest BCUT2D eigenvalue weighted by Gasteiger charge is 2.17. The highest BCUT2D eigenvalue weighted by molar-refractivity contribution is 7.17. The molecule has 3 aromatic rings. The van der Waals surface area contributed by atoms with E-state index >= 15 is 0 Å². The van der Waals surface area contributed by atoms with Crippen molar-refractivity contribution < 1.29 is 4.79 Å². The Balaban J connectivity index is 2.01. The van der Waals surface area contributed by atoms with Gasteiger partial charge in [-0.25, -0.2) is 4.79 Å². The fourth-order valence-electron chi connectivity index (χ4n) is 2.62. The molecule has 0 saturated heterocycles. The fraction of sp³-hybridized carbons (Fsp3) is 0.235. The number of carbonyl (C=O) groups excluding carboxylic acids is 1. The Morgan fingerprint density at radius 3 is 2.72 bits per heavy atom. The molecule has 1 aromatic carbocycles. The van der Waals surface area contributed by atoms with Crippen molar-refractivity contribution in [3.63, 3.8) is 0 Å². The normalized spacial score (nSPS) is 11.2. The lowest BCUT2D eigenvalue weighted by atomic mass is 10.3. The van der Waals surface area contributed by atoms with E-state index in [-0.39, 0.29) is 24.1 Å². The number of rotatable bonds is 4. The van der Waals surface area contributed by atoms with Crippen LogP contribution in [0.1, 0.15) is 19.9 Å². The first-order valence-electron chi connectivity index (χ1n) is 7.66. The summed E-state index contributed by atoms with van der Waals surface area (Å²) in [6.07, 6.45) is 0. The summed E-state index contributed by atoms with van der Waals surface area (Å²) in [6, 6.07) is 8.14. The van der Waals surface area contributed by atoms with Crippen LogP contribution in [0.5, 0.6) is 0 Å². The molecule has 0 unspecified atom stereocenters. The lowest BCUT2D eigenvalue weighted by molar-refractivity contribution is -0.116. The molecule has 3 rings (SSSR count). The van der Waals surface area contributed by atoms with Crippen LogP contribution in [-0.2, 0) is 11.3 Å². The fourth-order valence-corrected chi connectivity index (χ4v) is 3.64. The molecule has 130 valence electrons. The predicted molar refractivity (Wildman–Crippen MR) is 101 cm³/mol. The van der Waals surface area contributed by atoms with E-state index in [1.807, 2.05) is 0 Å². The van der Waals surface area contributed by atoms with Crippen molar-refractivity contribution in [2.75, 3.05) is 5.32 Å². The third-order valence-electron chi connectivity index (χ3n) is 3.71. The Labute approximate surface area is 152 Å². The van der Waals surface area contributed by atoms with Crippen LogP contribution in [0.15, 0.2) is 45.3 Å². The van der Waals surface area contributed by atoms with Crippen molar-refractivity contribution in [2.45, 2.75) is 26.4 Å². The van der Waals surface area contributed by atoms with E-state index in [1.54, 1.807) is 49.6 Å². The molecule has 0 atom stereocenters. The molecule has 25 heavy (non-hydrogen) atoms. The average molecular weight is 378 g/mol. The van der Waals surface area contributed by atoms with E-state index in [1.165, 1.54) is 20.5 Å². The van der Waals surface area contributed by atoms with Gasteiger partial charge in [-0.1, -0.05) is 17.7 Å². The number of fused-ring (bicyclic) bond motifs is 1. The number of benzene rings is 1. The summed E-state index contributed by atoms with van der Waals surface area (Å²) in [7, 11) is 0. The number of amides is 1. The number of nitrogens with zero attached hydrogens (tertiary/aromatic N) is 2. The minimum Gasteiger partial charge on any atom is -0.324 e. The van der Waals surface area contributed by atoms with Crippen molar-refractivity contribution in [3.05, 3.63) is 61.6 Å². The second kappa shape index (κ2) is 6.85. The molecule has 2 heterocycles. The maximum atomic E-state index is 12.7. The lowest BCUT2D eigenvalue weighted by Gasteiger charge is -2.14. The number of anilines is 1. The van der Waals surface area contributed by atoms with Gasteiger partial charge in [-0.3, -0.25) is 18.7 Å². The van der Waals surface area contributed by atoms with Gasteiger partial charge in [0.05, 0.1) is 5.52 Å². The first kappa shape index (κ1) is 17.4. The van der Waals surface area contributed by atoms with Crippen LogP contribution in [-0.4, -0.2) is 15.0 Å². The van der Waals surface area contributed by atoms with E-state index in [0.717, 1.165) is 0 Å². The van der Waals surface area contributed by atoms with Crippen LogP contribution in [0, 0.1) is 0 Å². The SMILES string of the molecule is CC(C)n1c(=O)c2sccc2n(CC(=O)Nc2cccc(Cl)c2)c1=O. The first-order chi connectivity index (χ1) is 11.9.